The standard InChI is InChI=1S/C17H29N3O3/c1-2-3-4-5-6-8-15(13-20-12-11-19-14-20)16(23-18)9-7-10-17(21)22/h11-12,14H,2-10,13,18H2,1H3,(H,21,22). The number of hydrogen-bond acceptors (Lipinski definition) is 4. The monoisotopic (exact) mass is 323 g/mol. The zero-order valence-electron chi connectivity index (χ0n) is 14.0. The Bertz CT molecular complexity index is 469. The summed E-state index contributed by atoms with van der Waals surface area (Å²) in [7, 11) is 0. The molecule has 1 rings (SSSR count). The molecule has 1 aromatic rings. The normalized spacial score (nSPS) is 12.1. The van der Waals surface area contributed by atoms with Crippen LogP contribution in [0.15, 0.2) is 30.1 Å². The molecule has 0 aliphatic rings. The lowest BCUT2D eigenvalue weighted by Crippen LogP contribution is -2.09. The molecule has 3 N–H and O–H groups in total. The van der Waals surface area contributed by atoms with E-state index < -0.39 is 5.97 Å². The van der Waals surface area contributed by atoms with Crippen molar-refractivity contribution >= 4 is 5.97 Å². The smallest absolute Gasteiger partial charge is 0.303 e. The van der Waals surface area contributed by atoms with Crippen LogP contribution in [0.3, 0.4) is 0 Å². The maximum atomic E-state index is 10.7. The lowest BCUT2D eigenvalue weighted by molar-refractivity contribution is -0.137. The van der Waals surface area contributed by atoms with Gasteiger partial charge in [-0.1, -0.05) is 32.6 Å². The fourth-order valence-electron chi connectivity index (χ4n) is 2.57. The molecule has 0 unspecified atom stereocenters. The minimum absolute atomic E-state index is 0.127. The second-order valence-corrected chi connectivity index (χ2v) is 5.79. The number of rotatable bonds is 13. The van der Waals surface area contributed by atoms with Crippen LogP contribution >= 0.6 is 0 Å². The maximum Gasteiger partial charge on any atom is 0.303 e. The molecule has 0 spiro atoms. The Labute approximate surface area is 138 Å². The highest BCUT2D eigenvalue weighted by Crippen LogP contribution is 2.21. The van der Waals surface area contributed by atoms with Crippen molar-refractivity contribution in [2.45, 2.75) is 71.3 Å². The molecule has 0 radical (unpaired) electrons. The van der Waals surface area contributed by atoms with Crippen molar-refractivity contribution in [2.24, 2.45) is 5.90 Å². The molecule has 0 saturated heterocycles. The van der Waals surface area contributed by atoms with Crippen LogP contribution in [-0.2, 0) is 16.2 Å². The molecule has 1 aromatic heterocycles. The van der Waals surface area contributed by atoms with Gasteiger partial charge in [-0.3, -0.25) is 4.79 Å². The van der Waals surface area contributed by atoms with Crippen molar-refractivity contribution < 1.29 is 14.7 Å². The number of aliphatic carboxylic acids is 1. The first-order valence-corrected chi connectivity index (χ1v) is 8.42. The van der Waals surface area contributed by atoms with E-state index in [1.54, 1.807) is 12.5 Å². The van der Waals surface area contributed by atoms with Gasteiger partial charge in [-0.05, 0) is 24.8 Å². The van der Waals surface area contributed by atoms with Gasteiger partial charge in [0.05, 0.1) is 6.33 Å². The number of carboxylic acid groups (broad SMARTS) is 1. The van der Waals surface area contributed by atoms with E-state index in [4.69, 9.17) is 15.8 Å². The summed E-state index contributed by atoms with van der Waals surface area (Å²) in [5.74, 6) is 5.36. The van der Waals surface area contributed by atoms with Crippen LogP contribution in [0.5, 0.6) is 0 Å². The van der Waals surface area contributed by atoms with Crippen molar-refractivity contribution in [3.8, 4) is 0 Å². The second kappa shape index (κ2) is 11.7. The highest BCUT2D eigenvalue weighted by molar-refractivity contribution is 5.66. The first-order chi connectivity index (χ1) is 11.2. The number of nitrogens with zero attached hydrogens (tertiary/aromatic N) is 2. The van der Waals surface area contributed by atoms with Crippen LogP contribution in [-0.4, -0.2) is 20.6 Å². The quantitative estimate of drug-likeness (QED) is 0.328. The summed E-state index contributed by atoms with van der Waals surface area (Å²) in [6.45, 7) is 2.89. The topological polar surface area (TPSA) is 90.4 Å². The summed E-state index contributed by atoms with van der Waals surface area (Å²) in [6, 6.07) is 0. The number of carbonyl (C=O) groups is 1. The Morgan fingerprint density at radius 3 is 2.57 bits per heavy atom. The number of hydrogen-bond donors (Lipinski definition) is 2. The summed E-state index contributed by atoms with van der Waals surface area (Å²) in [6.07, 6.45) is 13.6. The number of carboxylic acids is 1. The van der Waals surface area contributed by atoms with Crippen LogP contribution < -0.4 is 5.90 Å². The zero-order chi connectivity index (χ0) is 16.9. The van der Waals surface area contributed by atoms with Gasteiger partial charge in [0.1, 0.15) is 5.76 Å². The molecule has 0 aliphatic heterocycles. The van der Waals surface area contributed by atoms with Crippen LogP contribution in [0.25, 0.3) is 0 Å². The Hall–Kier alpha value is -1.82. The fourth-order valence-corrected chi connectivity index (χ4v) is 2.57. The number of aromatic nitrogens is 2. The van der Waals surface area contributed by atoms with Crippen LogP contribution in [0.1, 0.15) is 64.7 Å². The summed E-state index contributed by atoms with van der Waals surface area (Å²) < 4.78 is 1.98. The van der Waals surface area contributed by atoms with Gasteiger partial charge >= 0.3 is 5.97 Å². The lowest BCUT2D eigenvalue weighted by atomic mass is 10.0. The first kappa shape index (κ1) is 19.2. The molecule has 1 heterocycles. The van der Waals surface area contributed by atoms with Crippen LogP contribution in [0.4, 0.5) is 0 Å². The Balaban J connectivity index is 2.64. The van der Waals surface area contributed by atoms with E-state index in [-0.39, 0.29) is 6.42 Å². The molecule has 0 amide bonds. The molecule has 0 bridgehead atoms. The van der Waals surface area contributed by atoms with Gasteiger partial charge in [0.15, 0.2) is 0 Å². The molecule has 23 heavy (non-hydrogen) atoms. The average molecular weight is 323 g/mol. The number of allylic oxidation sites excluding steroid dienone is 2. The minimum Gasteiger partial charge on any atom is -0.481 e. The minimum atomic E-state index is -0.794. The van der Waals surface area contributed by atoms with Gasteiger partial charge in [0.2, 0.25) is 0 Å². The van der Waals surface area contributed by atoms with Crippen molar-refractivity contribution in [3.63, 3.8) is 0 Å². The fraction of sp³-hybridized carbons (Fsp3) is 0.647. The van der Waals surface area contributed by atoms with E-state index in [0.29, 0.717) is 19.4 Å². The van der Waals surface area contributed by atoms with E-state index in [1.165, 1.54) is 25.7 Å². The molecule has 0 fully saturated rings. The van der Waals surface area contributed by atoms with Crippen molar-refractivity contribution in [3.05, 3.63) is 30.1 Å². The van der Waals surface area contributed by atoms with Gasteiger partial charge in [0.25, 0.3) is 0 Å². The molecule has 130 valence electrons. The van der Waals surface area contributed by atoms with Crippen molar-refractivity contribution in [1.29, 1.82) is 0 Å². The van der Waals surface area contributed by atoms with E-state index in [1.807, 2.05) is 10.8 Å². The lowest BCUT2D eigenvalue weighted by Gasteiger charge is -2.14. The van der Waals surface area contributed by atoms with E-state index in [9.17, 15) is 4.79 Å². The summed E-state index contributed by atoms with van der Waals surface area (Å²) in [5.41, 5.74) is 1.13. The van der Waals surface area contributed by atoms with Gasteiger partial charge in [-0.2, -0.15) is 5.90 Å². The molecular weight excluding hydrogens is 294 g/mol. The Morgan fingerprint density at radius 2 is 1.96 bits per heavy atom. The number of imidazole rings is 1. The van der Waals surface area contributed by atoms with Crippen LogP contribution in [0, 0.1) is 0 Å². The zero-order valence-corrected chi connectivity index (χ0v) is 14.0. The highest BCUT2D eigenvalue weighted by Gasteiger charge is 2.10. The summed E-state index contributed by atoms with van der Waals surface area (Å²) >= 11 is 0. The molecule has 6 heteroatoms. The first-order valence-electron chi connectivity index (χ1n) is 8.42. The maximum absolute atomic E-state index is 10.7. The van der Waals surface area contributed by atoms with E-state index in [0.717, 1.165) is 24.2 Å². The summed E-state index contributed by atoms with van der Waals surface area (Å²) in [5, 5.41) is 8.77. The highest BCUT2D eigenvalue weighted by atomic mass is 16.6. The predicted octanol–water partition coefficient (Wildman–Crippen LogP) is 3.64. The van der Waals surface area contributed by atoms with Gasteiger partial charge in [-0.15, -0.1) is 0 Å². The third kappa shape index (κ3) is 8.40. The summed E-state index contributed by atoms with van der Waals surface area (Å²) in [4.78, 5) is 19.8. The van der Waals surface area contributed by atoms with Gasteiger partial charge in [-0.25, -0.2) is 4.98 Å². The van der Waals surface area contributed by atoms with Gasteiger partial charge in [0, 0.05) is 31.8 Å². The molecular formula is C17H29N3O3. The average Bonchev–Trinajstić information content (AvgIpc) is 3.03. The molecule has 0 aromatic carbocycles. The number of unbranched alkanes of at least 4 members (excludes halogenated alkanes) is 4. The van der Waals surface area contributed by atoms with E-state index >= 15 is 0 Å². The van der Waals surface area contributed by atoms with Crippen LogP contribution in [0.2, 0.25) is 0 Å². The van der Waals surface area contributed by atoms with Gasteiger partial charge < -0.3 is 14.5 Å². The van der Waals surface area contributed by atoms with E-state index in [2.05, 4.69) is 11.9 Å². The Kier molecular flexibility index (Phi) is 9.79. The third-order valence-electron chi connectivity index (χ3n) is 3.85. The largest absolute Gasteiger partial charge is 0.481 e. The number of nitrogens with two attached hydrogens (primary N) is 1. The Morgan fingerprint density at radius 1 is 1.17 bits per heavy atom. The van der Waals surface area contributed by atoms with Crippen molar-refractivity contribution in [2.75, 3.05) is 0 Å². The molecule has 0 aliphatic carbocycles. The predicted molar refractivity (Wildman–Crippen MR) is 89.4 cm³/mol. The second-order valence-electron chi connectivity index (χ2n) is 5.79. The molecule has 6 nitrogen and oxygen atoms in total. The SMILES string of the molecule is CCCCCCCC(Cn1ccnc1)=C(CCCC(=O)O)ON. The molecule has 0 atom stereocenters. The molecule has 0 saturated carbocycles. The van der Waals surface area contributed by atoms with Crippen molar-refractivity contribution in [1.82, 2.24) is 9.55 Å². The third-order valence-corrected chi connectivity index (χ3v) is 3.85.